The second-order valence-electron chi connectivity index (χ2n) is 17.6. The lowest BCUT2D eigenvalue weighted by Gasteiger charge is -2.19. The Labute approximate surface area is 374 Å². The minimum atomic E-state index is -0.873. The largest absolute Gasteiger partial charge is 0.394 e. The molecule has 0 aromatic heterocycles. The molecule has 0 aliphatic heterocycles. The number of hydrogen-bond acceptors (Lipinski definition) is 3. The smallest absolute Gasteiger partial charge is 0.220 e. The summed E-state index contributed by atoms with van der Waals surface area (Å²) in [6, 6.07) is -0.651. The molecule has 4 nitrogen and oxygen atoms in total. The zero-order valence-electron chi connectivity index (χ0n) is 40.0. The Morgan fingerprint density at radius 2 is 0.750 bits per heavy atom. The molecule has 0 aliphatic carbocycles. The van der Waals surface area contributed by atoms with Crippen molar-refractivity contribution < 1.29 is 15.0 Å². The number of hydrogen-bond donors (Lipinski definition) is 3. The summed E-state index contributed by atoms with van der Waals surface area (Å²) in [4.78, 5) is 12.4. The summed E-state index contributed by atoms with van der Waals surface area (Å²) >= 11 is 0. The monoisotopic (exact) mass is 836 g/mol. The van der Waals surface area contributed by atoms with Gasteiger partial charge in [0.2, 0.25) is 5.91 Å². The summed E-state index contributed by atoms with van der Waals surface area (Å²) in [5.41, 5.74) is 0. The molecular weight excluding hydrogens is 735 g/mol. The van der Waals surface area contributed by atoms with Crippen LogP contribution in [0.4, 0.5) is 0 Å². The maximum Gasteiger partial charge on any atom is 0.220 e. The number of rotatable bonds is 47. The van der Waals surface area contributed by atoms with Crippen molar-refractivity contribution in [2.24, 2.45) is 0 Å². The summed E-state index contributed by atoms with van der Waals surface area (Å²) in [6.45, 7) is 4.19. The minimum absolute atomic E-state index is 0.0886. The normalized spacial score (nSPS) is 13.5. The minimum Gasteiger partial charge on any atom is -0.394 e. The van der Waals surface area contributed by atoms with E-state index < -0.39 is 12.1 Å². The van der Waals surface area contributed by atoms with Crippen LogP contribution >= 0.6 is 0 Å². The molecule has 0 rings (SSSR count). The van der Waals surface area contributed by atoms with Crippen molar-refractivity contribution in [1.29, 1.82) is 0 Å². The number of aliphatic hydroxyl groups excluding tert-OH is 2. The van der Waals surface area contributed by atoms with Crippen LogP contribution in [0.1, 0.15) is 258 Å². The average molecular weight is 836 g/mol. The second kappa shape index (κ2) is 51.2. The van der Waals surface area contributed by atoms with Gasteiger partial charge in [-0.25, -0.2) is 0 Å². The third-order valence-corrected chi connectivity index (χ3v) is 11.7. The van der Waals surface area contributed by atoms with Crippen LogP contribution in [0, 0.1) is 0 Å². The van der Waals surface area contributed by atoms with Crippen molar-refractivity contribution >= 4 is 5.91 Å². The number of carbonyl (C=O) groups is 1. The quantitative estimate of drug-likeness (QED) is 0.0422. The molecule has 0 heterocycles. The molecule has 0 aromatic rings. The van der Waals surface area contributed by atoms with E-state index in [1.165, 1.54) is 167 Å². The molecule has 2 atom stereocenters. The molecular formula is C56H101NO3. The van der Waals surface area contributed by atoms with Crippen LogP contribution < -0.4 is 5.32 Å². The molecule has 0 bridgehead atoms. The van der Waals surface area contributed by atoms with Gasteiger partial charge in [-0.2, -0.15) is 0 Å². The predicted octanol–water partition coefficient (Wildman–Crippen LogP) is 17.0. The maximum atomic E-state index is 12.4. The van der Waals surface area contributed by atoms with Gasteiger partial charge in [0.25, 0.3) is 0 Å². The topological polar surface area (TPSA) is 69.6 Å². The van der Waals surface area contributed by atoms with Crippen LogP contribution in [-0.2, 0) is 4.79 Å². The van der Waals surface area contributed by atoms with E-state index in [0.717, 1.165) is 70.6 Å². The van der Waals surface area contributed by atoms with Crippen LogP contribution in [0.2, 0.25) is 0 Å². The fourth-order valence-electron chi connectivity index (χ4n) is 7.72. The third kappa shape index (κ3) is 46.9. The van der Waals surface area contributed by atoms with E-state index in [9.17, 15) is 15.0 Å². The van der Waals surface area contributed by atoms with Crippen LogP contribution in [0.5, 0.6) is 0 Å². The SMILES string of the molecule is CC/C=C\C/C=C\C/C=C\C/C=C\CCCCCCCCC(=O)NC(CO)C(O)/C=C/CC/C=C/CCCCCCCCCCCCCCCCCCCCCCCCC. The number of carbonyl (C=O) groups excluding carboxylic acids is 1. The Kier molecular flexibility index (Phi) is 49.3. The molecule has 1 amide bonds. The first kappa shape index (κ1) is 57.8. The molecule has 0 saturated carbocycles. The molecule has 4 heteroatoms. The lowest BCUT2D eigenvalue weighted by Crippen LogP contribution is -2.45. The molecule has 0 aliphatic rings. The summed E-state index contributed by atoms with van der Waals surface area (Å²) in [5, 5.41) is 23.1. The van der Waals surface area contributed by atoms with Gasteiger partial charge < -0.3 is 15.5 Å². The molecule has 0 aromatic carbocycles. The number of nitrogens with one attached hydrogen (secondary N) is 1. The van der Waals surface area contributed by atoms with E-state index in [4.69, 9.17) is 0 Å². The Balaban J connectivity index is 3.57. The van der Waals surface area contributed by atoms with Crippen LogP contribution in [-0.4, -0.2) is 34.9 Å². The fourth-order valence-corrected chi connectivity index (χ4v) is 7.72. The molecule has 3 N–H and O–H groups in total. The number of amides is 1. The zero-order valence-corrected chi connectivity index (χ0v) is 40.0. The predicted molar refractivity (Wildman–Crippen MR) is 267 cm³/mol. The lowest BCUT2D eigenvalue weighted by atomic mass is 10.0. The van der Waals surface area contributed by atoms with Crippen LogP contribution in [0.3, 0.4) is 0 Å². The van der Waals surface area contributed by atoms with Crippen LogP contribution in [0.15, 0.2) is 72.9 Å². The van der Waals surface area contributed by atoms with Crippen molar-refractivity contribution in [1.82, 2.24) is 5.32 Å². The van der Waals surface area contributed by atoms with Gasteiger partial charge in [0.05, 0.1) is 18.8 Å². The first-order chi connectivity index (χ1) is 29.7. The van der Waals surface area contributed by atoms with Gasteiger partial charge in [-0.15, -0.1) is 0 Å². The van der Waals surface area contributed by atoms with Gasteiger partial charge in [0, 0.05) is 6.42 Å². The highest BCUT2D eigenvalue weighted by Crippen LogP contribution is 2.16. The van der Waals surface area contributed by atoms with Crippen molar-refractivity contribution in [2.75, 3.05) is 6.61 Å². The molecule has 348 valence electrons. The zero-order chi connectivity index (χ0) is 43.5. The van der Waals surface area contributed by atoms with E-state index in [1.807, 2.05) is 6.08 Å². The highest BCUT2D eigenvalue weighted by atomic mass is 16.3. The highest BCUT2D eigenvalue weighted by molar-refractivity contribution is 5.76. The van der Waals surface area contributed by atoms with E-state index in [0.29, 0.717) is 6.42 Å². The van der Waals surface area contributed by atoms with E-state index in [-0.39, 0.29) is 12.5 Å². The van der Waals surface area contributed by atoms with Gasteiger partial charge in [0.1, 0.15) is 0 Å². The van der Waals surface area contributed by atoms with Gasteiger partial charge in [0.15, 0.2) is 0 Å². The summed E-state index contributed by atoms with van der Waals surface area (Å²) < 4.78 is 0. The molecule has 0 radical (unpaired) electrons. The van der Waals surface area contributed by atoms with Gasteiger partial charge in [-0.1, -0.05) is 254 Å². The Morgan fingerprint density at radius 1 is 0.417 bits per heavy atom. The van der Waals surface area contributed by atoms with E-state index in [2.05, 4.69) is 79.9 Å². The van der Waals surface area contributed by atoms with Crippen molar-refractivity contribution in [3.63, 3.8) is 0 Å². The van der Waals surface area contributed by atoms with Crippen LogP contribution in [0.25, 0.3) is 0 Å². The third-order valence-electron chi connectivity index (χ3n) is 11.7. The molecule has 60 heavy (non-hydrogen) atoms. The Morgan fingerprint density at radius 3 is 1.17 bits per heavy atom. The van der Waals surface area contributed by atoms with E-state index in [1.54, 1.807) is 6.08 Å². The summed E-state index contributed by atoms with van der Waals surface area (Å²) in [7, 11) is 0. The fraction of sp³-hybridized carbons (Fsp3) is 0.768. The first-order valence-corrected chi connectivity index (χ1v) is 26.2. The molecule has 0 saturated heterocycles. The second-order valence-corrected chi connectivity index (χ2v) is 17.6. The Hall–Kier alpha value is -2.17. The van der Waals surface area contributed by atoms with Gasteiger partial charge >= 0.3 is 0 Å². The maximum absolute atomic E-state index is 12.4. The van der Waals surface area contributed by atoms with Crippen molar-refractivity contribution in [3.8, 4) is 0 Å². The Bertz CT molecular complexity index is 1040. The average Bonchev–Trinajstić information content (AvgIpc) is 3.25. The van der Waals surface area contributed by atoms with E-state index >= 15 is 0 Å². The number of allylic oxidation sites excluding steroid dienone is 11. The number of aliphatic hydroxyl groups is 2. The summed E-state index contributed by atoms with van der Waals surface area (Å²) in [5.74, 6) is -0.0886. The van der Waals surface area contributed by atoms with Crippen molar-refractivity contribution in [3.05, 3.63) is 72.9 Å². The summed E-state index contributed by atoms with van der Waals surface area (Å²) in [6.07, 6.45) is 73.4. The molecule has 2 unspecified atom stereocenters. The molecule has 0 spiro atoms. The van der Waals surface area contributed by atoms with Gasteiger partial charge in [-0.3, -0.25) is 4.79 Å². The first-order valence-electron chi connectivity index (χ1n) is 26.2. The number of unbranched alkanes of at least 4 members (excludes halogenated alkanes) is 30. The van der Waals surface area contributed by atoms with Crippen molar-refractivity contribution in [2.45, 2.75) is 270 Å². The standard InChI is InChI=1S/C56H101NO3/c1-3-5-7-9-11-13-15-17-19-21-23-24-25-26-27-28-29-30-31-32-34-35-37-39-41-43-45-47-49-51-55(59)54(53-58)57-56(60)52-50-48-46-44-42-40-38-36-33-22-20-18-16-14-12-10-8-6-4-2/h6,8,12,14,18,20,33,36,41,43,49,51,54-55,58-59H,3-5,7,9-11,13,15-17,19,21-32,34-35,37-40,42,44-48,50,52-53H2,1-2H3,(H,57,60)/b8-6-,14-12-,20-18-,36-33-,43-41+,51-49+. The highest BCUT2D eigenvalue weighted by Gasteiger charge is 2.17. The lowest BCUT2D eigenvalue weighted by molar-refractivity contribution is -0.123. The molecule has 0 fully saturated rings. The van der Waals surface area contributed by atoms with Gasteiger partial charge in [-0.05, 0) is 70.6 Å².